The van der Waals surface area contributed by atoms with Crippen LogP contribution in [0.5, 0.6) is 0 Å². The molecular formula is C16H18N4O2S. The number of amides is 2. The average Bonchev–Trinajstić information content (AvgIpc) is 3.17. The van der Waals surface area contributed by atoms with Gasteiger partial charge in [0.2, 0.25) is 0 Å². The van der Waals surface area contributed by atoms with E-state index in [0.717, 1.165) is 37.5 Å². The molecule has 7 heteroatoms. The van der Waals surface area contributed by atoms with Crippen molar-refractivity contribution in [3.8, 4) is 0 Å². The summed E-state index contributed by atoms with van der Waals surface area (Å²) in [5.74, 6) is -0.300. The van der Waals surface area contributed by atoms with Gasteiger partial charge in [0.15, 0.2) is 0 Å². The second-order valence-electron chi connectivity index (χ2n) is 5.54. The Balaban J connectivity index is 1.77. The molecule has 1 aromatic heterocycles. The van der Waals surface area contributed by atoms with Crippen molar-refractivity contribution >= 4 is 34.0 Å². The standard InChI is InChI=1S/C16H18N4O2S/c1-10-13(14(17)23-19-10)15(21)18-12-6-4-5-11(9-12)16(22)20-7-2-3-8-20/h4-6,9H,2-3,7-8,17H2,1H3,(H,18,21). The van der Waals surface area contributed by atoms with Crippen LogP contribution < -0.4 is 11.1 Å². The third-order valence-corrected chi connectivity index (χ3v) is 4.64. The fourth-order valence-corrected chi connectivity index (χ4v) is 3.35. The summed E-state index contributed by atoms with van der Waals surface area (Å²) in [5.41, 5.74) is 7.95. The molecule has 1 aromatic carbocycles. The molecule has 1 fully saturated rings. The van der Waals surface area contributed by atoms with Crippen LogP contribution in [0.3, 0.4) is 0 Å². The van der Waals surface area contributed by atoms with Gasteiger partial charge in [0.25, 0.3) is 11.8 Å². The van der Waals surface area contributed by atoms with Gasteiger partial charge in [-0.15, -0.1) is 0 Å². The van der Waals surface area contributed by atoms with E-state index in [1.54, 1.807) is 31.2 Å². The van der Waals surface area contributed by atoms with Crippen molar-refractivity contribution in [2.24, 2.45) is 0 Å². The highest BCUT2D eigenvalue weighted by atomic mass is 32.1. The van der Waals surface area contributed by atoms with Crippen LogP contribution >= 0.6 is 11.5 Å². The number of nitrogens with one attached hydrogen (secondary N) is 1. The Labute approximate surface area is 138 Å². The lowest BCUT2D eigenvalue weighted by atomic mass is 10.1. The number of carbonyl (C=O) groups is 2. The summed E-state index contributed by atoms with van der Waals surface area (Å²) in [6, 6.07) is 6.98. The molecule has 0 saturated carbocycles. The number of hydrogen-bond acceptors (Lipinski definition) is 5. The molecule has 3 rings (SSSR count). The lowest BCUT2D eigenvalue weighted by Crippen LogP contribution is -2.27. The summed E-state index contributed by atoms with van der Waals surface area (Å²) >= 11 is 1.10. The first-order valence-corrected chi connectivity index (χ1v) is 8.26. The highest BCUT2D eigenvalue weighted by Crippen LogP contribution is 2.23. The molecule has 0 bridgehead atoms. The second kappa shape index (κ2) is 6.37. The summed E-state index contributed by atoms with van der Waals surface area (Å²) in [6.45, 7) is 3.34. The molecule has 0 aliphatic carbocycles. The Kier molecular flexibility index (Phi) is 4.29. The van der Waals surface area contributed by atoms with E-state index in [0.29, 0.717) is 27.5 Å². The zero-order chi connectivity index (χ0) is 16.4. The fourth-order valence-electron chi connectivity index (χ4n) is 2.69. The van der Waals surface area contributed by atoms with Gasteiger partial charge in [-0.1, -0.05) is 6.07 Å². The van der Waals surface area contributed by atoms with E-state index in [1.807, 2.05) is 4.90 Å². The molecule has 120 valence electrons. The van der Waals surface area contributed by atoms with Crippen molar-refractivity contribution in [1.82, 2.24) is 9.27 Å². The van der Waals surface area contributed by atoms with Crippen LogP contribution in [0.15, 0.2) is 24.3 Å². The summed E-state index contributed by atoms with van der Waals surface area (Å²) in [4.78, 5) is 26.6. The third kappa shape index (κ3) is 3.19. The molecule has 0 atom stereocenters. The van der Waals surface area contributed by atoms with Gasteiger partial charge in [-0.05, 0) is 49.5 Å². The Morgan fingerprint density at radius 1 is 1.30 bits per heavy atom. The van der Waals surface area contributed by atoms with Gasteiger partial charge in [-0.2, -0.15) is 4.37 Å². The van der Waals surface area contributed by atoms with E-state index in [4.69, 9.17) is 5.73 Å². The Hall–Kier alpha value is -2.41. The van der Waals surface area contributed by atoms with Gasteiger partial charge in [0, 0.05) is 24.3 Å². The predicted octanol–water partition coefficient (Wildman–Crippen LogP) is 2.52. The molecule has 2 heterocycles. The second-order valence-corrected chi connectivity index (χ2v) is 6.35. The van der Waals surface area contributed by atoms with Gasteiger partial charge in [0.05, 0.1) is 11.3 Å². The summed E-state index contributed by atoms with van der Waals surface area (Å²) in [6.07, 6.45) is 2.09. The number of nitrogens with two attached hydrogens (primary N) is 1. The first-order valence-electron chi connectivity index (χ1n) is 7.48. The largest absolute Gasteiger partial charge is 0.389 e. The van der Waals surface area contributed by atoms with Crippen molar-refractivity contribution in [3.63, 3.8) is 0 Å². The minimum absolute atomic E-state index is 0.00601. The average molecular weight is 330 g/mol. The summed E-state index contributed by atoms with van der Waals surface area (Å²) in [5, 5.41) is 3.18. The normalized spacial score (nSPS) is 14.0. The number of aromatic nitrogens is 1. The van der Waals surface area contributed by atoms with E-state index < -0.39 is 0 Å². The molecule has 2 aromatic rings. The van der Waals surface area contributed by atoms with Crippen molar-refractivity contribution in [2.45, 2.75) is 19.8 Å². The number of hydrogen-bond donors (Lipinski definition) is 2. The first-order chi connectivity index (χ1) is 11.1. The minimum atomic E-state index is -0.306. The number of rotatable bonds is 3. The molecule has 2 amide bonds. The topological polar surface area (TPSA) is 88.3 Å². The van der Waals surface area contributed by atoms with Crippen molar-refractivity contribution < 1.29 is 9.59 Å². The van der Waals surface area contributed by atoms with E-state index in [1.165, 1.54) is 0 Å². The highest BCUT2D eigenvalue weighted by Gasteiger charge is 2.20. The molecule has 3 N–H and O–H groups in total. The van der Waals surface area contributed by atoms with Gasteiger partial charge < -0.3 is 16.0 Å². The van der Waals surface area contributed by atoms with Crippen molar-refractivity contribution in [2.75, 3.05) is 24.1 Å². The van der Waals surface area contributed by atoms with E-state index in [-0.39, 0.29) is 11.8 Å². The quantitative estimate of drug-likeness (QED) is 0.905. The number of nitrogen functional groups attached to an aromatic ring is 1. The SMILES string of the molecule is Cc1nsc(N)c1C(=O)Nc1cccc(C(=O)N2CCCC2)c1. The van der Waals surface area contributed by atoms with E-state index in [9.17, 15) is 9.59 Å². The maximum absolute atomic E-state index is 12.4. The number of nitrogens with zero attached hydrogens (tertiary/aromatic N) is 2. The van der Waals surface area contributed by atoms with Gasteiger partial charge >= 0.3 is 0 Å². The van der Waals surface area contributed by atoms with Gasteiger partial charge in [-0.25, -0.2) is 0 Å². The first kappa shape index (κ1) is 15.5. The predicted molar refractivity (Wildman–Crippen MR) is 90.8 cm³/mol. The molecule has 6 nitrogen and oxygen atoms in total. The van der Waals surface area contributed by atoms with Crippen LogP contribution in [0.1, 0.15) is 39.3 Å². The number of aryl methyl sites for hydroxylation is 1. The number of carbonyl (C=O) groups excluding carboxylic acids is 2. The monoisotopic (exact) mass is 330 g/mol. The zero-order valence-electron chi connectivity index (χ0n) is 12.8. The number of benzene rings is 1. The van der Waals surface area contributed by atoms with E-state index in [2.05, 4.69) is 9.69 Å². The molecule has 1 aliphatic heterocycles. The third-order valence-electron chi connectivity index (χ3n) is 3.88. The van der Waals surface area contributed by atoms with Crippen LogP contribution in [0.2, 0.25) is 0 Å². The molecule has 0 unspecified atom stereocenters. The molecule has 0 radical (unpaired) electrons. The molecule has 23 heavy (non-hydrogen) atoms. The van der Waals surface area contributed by atoms with Crippen LogP contribution in [-0.4, -0.2) is 34.2 Å². The van der Waals surface area contributed by atoms with Crippen LogP contribution in [0, 0.1) is 6.92 Å². The van der Waals surface area contributed by atoms with Crippen LogP contribution in [0.25, 0.3) is 0 Å². The number of likely N-dealkylation sites (tertiary alicyclic amines) is 1. The maximum Gasteiger partial charge on any atom is 0.260 e. The van der Waals surface area contributed by atoms with Gasteiger partial charge in [-0.3, -0.25) is 9.59 Å². The Morgan fingerprint density at radius 2 is 2.04 bits per heavy atom. The summed E-state index contributed by atoms with van der Waals surface area (Å²) in [7, 11) is 0. The van der Waals surface area contributed by atoms with Crippen molar-refractivity contribution in [1.29, 1.82) is 0 Å². The lowest BCUT2D eigenvalue weighted by Gasteiger charge is -2.15. The fraction of sp³-hybridized carbons (Fsp3) is 0.312. The molecule has 1 saturated heterocycles. The maximum atomic E-state index is 12.4. The van der Waals surface area contributed by atoms with Crippen LogP contribution in [0.4, 0.5) is 10.7 Å². The summed E-state index contributed by atoms with van der Waals surface area (Å²) < 4.78 is 4.07. The highest BCUT2D eigenvalue weighted by molar-refractivity contribution is 7.10. The Bertz CT molecular complexity index is 731. The van der Waals surface area contributed by atoms with E-state index >= 15 is 0 Å². The Morgan fingerprint density at radius 3 is 2.70 bits per heavy atom. The molecule has 1 aliphatic rings. The minimum Gasteiger partial charge on any atom is -0.389 e. The lowest BCUT2D eigenvalue weighted by molar-refractivity contribution is 0.0792. The smallest absolute Gasteiger partial charge is 0.260 e. The van der Waals surface area contributed by atoms with Crippen molar-refractivity contribution in [3.05, 3.63) is 41.1 Å². The van der Waals surface area contributed by atoms with Gasteiger partial charge in [0.1, 0.15) is 5.00 Å². The molecular weight excluding hydrogens is 312 g/mol. The number of anilines is 2. The molecule has 0 spiro atoms. The van der Waals surface area contributed by atoms with Crippen LogP contribution in [-0.2, 0) is 0 Å². The zero-order valence-corrected chi connectivity index (χ0v) is 13.7.